The van der Waals surface area contributed by atoms with Crippen molar-refractivity contribution < 1.29 is 12.8 Å². The summed E-state index contributed by atoms with van der Waals surface area (Å²) in [6, 6.07) is 5.41. The van der Waals surface area contributed by atoms with Crippen LogP contribution >= 0.6 is 11.6 Å². The predicted molar refractivity (Wildman–Crippen MR) is 73.7 cm³/mol. The molecule has 0 aliphatic heterocycles. The predicted octanol–water partition coefficient (Wildman–Crippen LogP) is 3.56. The van der Waals surface area contributed by atoms with Gasteiger partial charge in [0.1, 0.15) is 16.8 Å². The molecule has 0 heterocycles. The van der Waals surface area contributed by atoms with E-state index in [1.165, 1.54) is 39.0 Å². The second-order valence-electron chi connectivity index (χ2n) is 4.91. The molecule has 19 heavy (non-hydrogen) atoms. The van der Waals surface area contributed by atoms with Gasteiger partial charge >= 0.3 is 0 Å². The molecule has 0 saturated heterocycles. The number of nitrogens with zero attached hydrogens (tertiary/aromatic N) is 1. The third kappa shape index (κ3) is 3.34. The Hall–Kier alpha value is -1.38. The number of benzene rings is 1. The maximum atomic E-state index is 13.0. The molecule has 1 aromatic rings. The minimum absolute atomic E-state index is 0.126. The standard InChI is InChI=1S/C13H13ClFNO2S/c1-13(2,3)19(17,18)10(8-16)6-9-4-5-12(15)11(14)7-9/h4-7H,1-3H3. The van der Waals surface area contributed by atoms with E-state index in [9.17, 15) is 12.8 Å². The van der Waals surface area contributed by atoms with Gasteiger partial charge in [0.2, 0.25) is 0 Å². The molecule has 0 amide bonds. The molecule has 0 aliphatic rings. The van der Waals surface area contributed by atoms with Gasteiger partial charge in [-0.3, -0.25) is 0 Å². The Kier molecular flexibility index (Phi) is 4.39. The van der Waals surface area contributed by atoms with Crippen molar-refractivity contribution >= 4 is 27.5 Å². The molecule has 1 rings (SSSR count). The Labute approximate surface area is 117 Å². The zero-order chi connectivity index (χ0) is 14.8. The van der Waals surface area contributed by atoms with Crippen molar-refractivity contribution in [3.05, 3.63) is 39.5 Å². The number of rotatable bonds is 2. The first-order valence-corrected chi connectivity index (χ1v) is 7.27. The number of hydrogen-bond donors (Lipinski definition) is 0. The summed E-state index contributed by atoms with van der Waals surface area (Å²) in [5.41, 5.74) is 0.357. The Balaban J connectivity index is 3.37. The van der Waals surface area contributed by atoms with Gasteiger partial charge in [0.25, 0.3) is 0 Å². The van der Waals surface area contributed by atoms with E-state index in [1.807, 2.05) is 0 Å². The van der Waals surface area contributed by atoms with Crippen LogP contribution in [0.1, 0.15) is 26.3 Å². The van der Waals surface area contributed by atoms with Crippen molar-refractivity contribution in [2.45, 2.75) is 25.5 Å². The van der Waals surface area contributed by atoms with Crippen LogP contribution in [-0.2, 0) is 9.84 Å². The molecule has 6 heteroatoms. The molecule has 0 radical (unpaired) electrons. The Morgan fingerprint density at radius 1 is 1.42 bits per heavy atom. The number of nitriles is 1. The summed E-state index contributed by atoms with van der Waals surface area (Å²) in [6.45, 7) is 4.52. The molecule has 102 valence electrons. The summed E-state index contributed by atoms with van der Waals surface area (Å²) in [5.74, 6) is -0.601. The summed E-state index contributed by atoms with van der Waals surface area (Å²) in [7, 11) is -3.75. The molecular formula is C13H13ClFNO2S. The first-order chi connectivity index (χ1) is 8.59. The zero-order valence-corrected chi connectivity index (χ0v) is 12.3. The van der Waals surface area contributed by atoms with E-state index in [-0.39, 0.29) is 9.93 Å². The molecular weight excluding hydrogens is 289 g/mol. The summed E-state index contributed by atoms with van der Waals surface area (Å²) in [6.07, 6.45) is 1.19. The van der Waals surface area contributed by atoms with Crippen LogP contribution in [0, 0.1) is 17.1 Å². The summed E-state index contributed by atoms with van der Waals surface area (Å²) >= 11 is 5.61. The highest BCUT2D eigenvalue weighted by atomic mass is 35.5. The molecule has 0 spiro atoms. The third-order valence-corrected chi connectivity index (χ3v) is 5.14. The monoisotopic (exact) mass is 301 g/mol. The second kappa shape index (κ2) is 5.32. The van der Waals surface area contributed by atoms with Crippen molar-refractivity contribution in [3.8, 4) is 6.07 Å². The zero-order valence-electron chi connectivity index (χ0n) is 10.7. The average molecular weight is 302 g/mol. The van der Waals surface area contributed by atoms with Gasteiger partial charge in [-0.25, -0.2) is 12.8 Å². The van der Waals surface area contributed by atoms with Crippen molar-refractivity contribution in [2.24, 2.45) is 0 Å². The van der Waals surface area contributed by atoms with Crippen molar-refractivity contribution in [1.29, 1.82) is 5.26 Å². The highest BCUT2D eigenvalue weighted by Gasteiger charge is 2.33. The SMILES string of the molecule is CC(C)(C)S(=O)(=O)C(C#N)=Cc1ccc(F)c(Cl)c1. The van der Waals surface area contributed by atoms with E-state index in [0.717, 1.165) is 6.07 Å². The fourth-order valence-corrected chi connectivity index (χ4v) is 2.51. The second-order valence-corrected chi connectivity index (χ2v) is 7.99. The van der Waals surface area contributed by atoms with Crippen molar-refractivity contribution in [2.75, 3.05) is 0 Å². The van der Waals surface area contributed by atoms with Crippen molar-refractivity contribution in [3.63, 3.8) is 0 Å². The smallest absolute Gasteiger partial charge is 0.193 e. The summed E-state index contributed by atoms with van der Waals surface area (Å²) in [5, 5.41) is 8.88. The first-order valence-electron chi connectivity index (χ1n) is 5.41. The Morgan fingerprint density at radius 2 is 2.00 bits per heavy atom. The normalized spacial score (nSPS) is 13.2. The van der Waals surface area contributed by atoms with E-state index >= 15 is 0 Å². The van der Waals surface area contributed by atoms with Crippen LogP contribution in [0.2, 0.25) is 5.02 Å². The lowest BCUT2D eigenvalue weighted by Gasteiger charge is -2.18. The molecule has 0 atom stereocenters. The summed E-state index contributed by atoms with van der Waals surface area (Å²) in [4.78, 5) is -0.373. The lowest BCUT2D eigenvalue weighted by atomic mass is 10.2. The first kappa shape index (κ1) is 15.7. The van der Waals surface area contributed by atoms with Crippen LogP contribution in [0.5, 0.6) is 0 Å². The largest absolute Gasteiger partial charge is 0.222 e. The minimum Gasteiger partial charge on any atom is -0.222 e. The summed E-state index contributed by atoms with van der Waals surface area (Å²) < 4.78 is 36.2. The van der Waals surface area contributed by atoms with Gasteiger partial charge in [-0.1, -0.05) is 17.7 Å². The van der Waals surface area contributed by atoms with E-state index in [1.54, 1.807) is 6.07 Å². The van der Waals surface area contributed by atoms with Gasteiger partial charge in [-0.15, -0.1) is 0 Å². The number of allylic oxidation sites excluding steroid dienone is 1. The maximum Gasteiger partial charge on any atom is 0.193 e. The highest BCUT2D eigenvalue weighted by Crippen LogP contribution is 2.26. The van der Waals surface area contributed by atoms with E-state index in [2.05, 4.69) is 0 Å². The Bertz CT molecular complexity index is 667. The number of sulfone groups is 1. The topological polar surface area (TPSA) is 57.9 Å². The molecule has 0 bridgehead atoms. The molecule has 3 nitrogen and oxygen atoms in total. The molecule has 0 aromatic heterocycles. The van der Waals surface area contributed by atoms with Crippen LogP contribution < -0.4 is 0 Å². The van der Waals surface area contributed by atoms with Crippen molar-refractivity contribution in [1.82, 2.24) is 0 Å². The quantitative estimate of drug-likeness (QED) is 0.785. The van der Waals surface area contributed by atoms with Crippen LogP contribution in [-0.4, -0.2) is 13.2 Å². The molecule has 0 saturated carbocycles. The van der Waals surface area contributed by atoms with Gasteiger partial charge in [-0.05, 0) is 44.5 Å². The maximum absolute atomic E-state index is 13.0. The van der Waals surface area contributed by atoms with E-state index in [0.29, 0.717) is 5.56 Å². The third-order valence-electron chi connectivity index (χ3n) is 2.45. The fourth-order valence-electron chi connectivity index (χ4n) is 1.25. The van der Waals surface area contributed by atoms with Crippen LogP contribution in [0.3, 0.4) is 0 Å². The molecule has 0 unspecified atom stereocenters. The number of hydrogen-bond acceptors (Lipinski definition) is 3. The van der Waals surface area contributed by atoms with Gasteiger partial charge in [0, 0.05) is 0 Å². The van der Waals surface area contributed by atoms with Gasteiger partial charge in [0.15, 0.2) is 9.84 Å². The van der Waals surface area contributed by atoms with Gasteiger partial charge in [0.05, 0.1) is 9.77 Å². The minimum atomic E-state index is -3.75. The highest BCUT2D eigenvalue weighted by molar-refractivity contribution is 7.97. The molecule has 0 fully saturated rings. The molecule has 0 aliphatic carbocycles. The van der Waals surface area contributed by atoms with E-state index in [4.69, 9.17) is 16.9 Å². The Morgan fingerprint density at radius 3 is 2.42 bits per heavy atom. The molecule has 1 aromatic carbocycles. The lowest BCUT2D eigenvalue weighted by molar-refractivity contribution is 0.568. The van der Waals surface area contributed by atoms with Crippen LogP contribution in [0.15, 0.2) is 23.1 Å². The van der Waals surface area contributed by atoms with Crippen LogP contribution in [0.4, 0.5) is 4.39 Å². The fraction of sp³-hybridized carbons (Fsp3) is 0.308. The van der Waals surface area contributed by atoms with E-state index < -0.39 is 20.4 Å². The molecule has 0 N–H and O–H groups in total. The lowest BCUT2D eigenvalue weighted by Crippen LogP contribution is -2.28. The van der Waals surface area contributed by atoms with Gasteiger partial charge < -0.3 is 0 Å². The van der Waals surface area contributed by atoms with Crippen LogP contribution in [0.25, 0.3) is 6.08 Å². The number of halogens is 2. The van der Waals surface area contributed by atoms with Gasteiger partial charge in [-0.2, -0.15) is 5.26 Å². The average Bonchev–Trinajstić information content (AvgIpc) is 2.28.